The number of likely N-dealkylation sites (tertiary alicyclic amines) is 1. The molecule has 0 bridgehead atoms. The molecule has 2 rings (SSSR count). The minimum Gasteiger partial charge on any atom is -0.379 e. The number of alkyl halides is 1. The van der Waals surface area contributed by atoms with Gasteiger partial charge in [-0.1, -0.05) is 15.9 Å². The smallest absolute Gasteiger partial charge is 0.0594 e. The van der Waals surface area contributed by atoms with Crippen LogP contribution < -0.4 is 0 Å². The van der Waals surface area contributed by atoms with Crippen LogP contribution >= 0.6 is 15.9 Å². The van der Waals surface area contributed by atoms with Crippen LogP contribution in [0.25, 0.3) is 0 Å². The van der Waals surface area contributed by atoms with Crippen molar-refractivity contribution in [3.05, 3.63) is 0 Å². The van der Waals surface area contributed by atoms with Crippen LogP contribution in [0.1, 0.15) is 25.7 Å². The highest BCUT2D eigenvalue weighted by Crippen LogP contribution is 2.21. The molecule has 3 nitrogen and oxygen atoms in total. The third kappa shape index (κ3) is 4.51. The quantitative estimate of drug-likeness (QED) is 0.698. The van der Waals surface area contributed by atoms with Gasteiger partial charge in [0.2, 0.25) is 0 Å². The molecule has 4 heteroatoms. The Balaban J connectivity index is 1.66. The Hall–Kier alpha value is 0.360. The van der Waals surface area contributed by atoms with Crippen LogP contribution in [-0.4, -0.2) is 67.1 Å². The zero-order valence-corrected chi connectivity index (χ0v) is 12.3. The van der Waals surface area contributed by atoms with Gasteiger partial charge in [-0.05, 0) is 32.2 Å². The number of hydrogen-bond donors (Lipinski definition) is 0. The maximum Gasteiger partial charge on any atom is 0.0594 e. The Morgan fingerprint density at radius 2 is 1.94 bits per heavy atom. The summed E-state index contributed by atoms with van der Waals surface area (Å²) < 4.78 is 5.39. The fourth-order valence-electron chi connectivity index (χ4n) is 2.92. The van der Waals surface area contributed by atoms with Crippen molar-refractivity contribution in [2.45, 2.75) is 31.7 Å². The van der Waals surface area contributed by atoms with E-state index in [0.29, 0.717) is 0 Å². The maximum absolute atomic E-state index is 5.39. The third-order valence-electron chi connectivity index (χ3n) is 3.98. The lowest BCUT2D eigenvalue weighted by Crippen LogP contribution is -2.42. The second-order valence-electron chi connectivity index (χ2n) is 5.12. The Labute approximate surface area is 114 Å². The Bertz CT molecular complexity index is 210. The molecule has 0 aliphatic carbocycles. The molecule has 2 fully saturated rings. The van der Waals surface area contributed by atoms with Crippen molar-refractivity contribution in [2.75, 3.05) is 51.3 Å². The summed E-state index contributed by atoms with van der Waals surface area (Å²) in [7, 11) is 0. The van der Waals surface area contributed by atoms with Crippen molar-refractivity contribution in [1.82, 2.24) is 9.80 Å². The molecule has 0 saturated carbocycles. The molecule has 2 saturated heterocycles. The zero-order valence-electron chi connectivity index (χ0n) is 10.7. The fourth-order valence-corrected chi connectivity index (χ4v) is 3.25. The van der Waals surface area contributed by atoms with E-state index in [9.17, 15) is 0 Å². The summed E-state index contributed by atoms with van der Waals surface area (Å²) >= 11 is 3.54. The molecule has 1 unspecified atom stereocenters. The summed E-state index contributed by atoms with van der Waals surface area (Å²) in [5.41, 5.74) is 0. The van der Waals surface area contributed by atoms with Gasteiger partial charge in [-0.15, -0.1) is 0 Å². The van der Waals surface area contributed by atoms with E-state index in [1.807, 2.05) is 0 Å². The summed E-state index contributed by atoms with van der Waals surface area (Å²) in [4.78, 5) is 5.25. The average Bonchev–Trinajstić information content (AvgIpc) is 2.82. The van der Waals surface area contributed by atoms with Crippen molar-refractivity contribution in [2.24, 2.45) is 0 Å². The SMILES string of the molecule is BrCCCC1CCCN1CCN1CCOCC1. The van der Waals surface area contributed by atoms with Crippen LogP contribution in [-0.2, 0) is 4.74 Å². The predicted octanol–water partition coefficient (Wildman–Crippen LogP) is 1.96. The largest absolute Gasteiger partial charge is 0.379 e. The molecule has 2 aliphatic heterocycles. The lowest BCUT2D eigenvalue weighted by Gasteiger charge is -2.30. The van der Waals surface area contributed by atoms with Crippen molar-refractivity contribution in [3.8, 4) is 0 Å². The van der Waals surface area contributed by atoms with Crippen molar-refractivity contribution in [1.29, 1.82) is 0 Å². The highest BCUT2D eigenvalue weighted by molar-refractivity contribution is 9.09. The zero-order chi connectivity index (χ0) is 11.9. The standard InChI is InChI=1S/C13H25BrN2O/c14-5-1-3-13-4-2-6-16(13)8-7-15-9-11-17-12-10-15/h13H,1-12H2. The molecule has 2 heterocycles. The summed E-state index contributed by atoms with van der Waals surface area (Å²) in [6, 6.07) is 0.855. The topological polar surface area (TPSA) is 15.7 Å². The van der Waals surface area contributed by atoms with Gasteiger partial charge in [0.05, 0.1) is 13.2 Å². The van der Waals surface area contributed by atoms with Crippen LogP contribution in [0.4, 0.5) is 0 Å². The number of hydrogen-bond acceptors (Lipinski definition) is 3. The molecule has 0 spiro atoms. The molecule has 0 amide bonds. The first-order valence-electron chi connectivity index (χ1n) is 7.00. The van der Waals surface area contributed by atoms with Crippen molar-refractivity contribution >= 4 is 15.9 Å². The minimum atomic E-state index is 0.855. The molecule has 0 aromatic rings. The number of morpholine rings is 1. The van der Waals surface area contributed by atoms with Gasteiger partial charge >= 0.3 is 0 Å². The molecule has 0 N–H and O–H groups in total. The lowest BCUT2D eigenvalue weighted by molar-refractivity contribution is 0.0325. The Morgan fingerprint density at radius 3 is 2.71 bits per heavy atom. The van der Waals surface area contributed by atoms with Gasteiger partial charge in [0.1, 0.15) is 0 Å². The van der Waals surface area contributed by atoms with Gasteiger partial charge in [-0.3, -0.25) is 9.80 Å². The van der Waals surface area contributed by atoms with E-state index in [-0.39, 0.29) is 0 Å². The first-order chi connectivity index (χ1) is 8.40. The van der Waals surface area contributed by atoms with Crippen LogP contribution in [0.3, 0.4) is 0 Å². The molecule has 100 valence electrons. The van der Waals surface area contributed by atoms with Gasteiger partial charge in [0.25, 0.3) is 0 Å². The molecule has 0 aromatic heterocycles. The fraction of sp³-hybridized carbons (Fsp3) is 1.00. The first-order valence-corrected chi connectivity index (χ1v) is 8.12. The first kappa shape index (κ1) is 13.8. The van der Waals surface area contributed by atoms with Crippen LogP contribution in [0.5, 0.6) is 0 Å². The molecule has 0 radical (unpaired) electrons. The molecule has 0 aromatic carbocycles. The van der Waals surface area contributed by atoms with E-state index in [2.05, 4.69) is 25.7 Å². The van der Waals surface area contributed by atoms with E-state index in [1.54, 1.807) is 0 Å². The summed E-state index contributed by atoms with van der Waals surface area (Å²) in [5, 5.41) is 1.15. The summed E-state index contributed by atoms with van der Waals surface area (Å²) in [5.74, 6) is 0. The number of ether oxygens (including phenoxy) is 1. The van der Waals surface area contributed by atoms with E-state index in [1.165, 1.54) is 45.3 Å². The number of nitrogens with zero attached hydrogens (tertiary/aromatic N) is 2. The Morgan fingerprint density at radius 1 is 1.12 bits per heavy atom. The van der Waals surface area contributed by atoms with E-state index in [0.717, 1.165) is 37.7 Å². The van der Waals surface area contributed by atoms with Gasteiger partial charge in [0, 0.05) is 37.6 Å². The minimum absolute atomic E-state index is 0.855. The Kier molecular flexibility index (Phi) is 6.26. The number of halogens is 1. The van der Waals surface area contributed by atoms with E-state index < -0.39 is 0 Å². The second kappa shape index (κ2) is 7.72. The van der Waals surface area contributed by atoms with Crippen LogP contribution in [0.15, 0.2) is 0 Å². The van der Waals surface area contributed by atoms with E-state index >= 15 is 0 Å². The van der Waals surface area contributed by atoms with Crippen molar-refractivity contribution < 1.29 is 4.74 Å². The second-order valence-corrected chi connectivity index (χ2v) is 5.91. The van der Waals surface area contributed by atoms with Crippen molar-refractivity contribution in [3.63, 3.8) is 0 Å². The summed E-state index contributed by atoms with van der Waals surface area (Å²) in [6.07, 6.45) is 5.50. The van der Waals surface area contributed by atoms with Crippen LogP contribution in [0.2, 0.25) is 0 Å². The number of rotatable bonds is 6. The third-order valence-corrected chi connectivity index (χ3v) is 4.54. The van der Waals surface area contributed by atoms with Gasteiger partial charge in [-0.25, -0.2) is 0 Å². The molecular formula is C13H25BrN2O. The average molecular weight is 305 g/mol. The predicted molar refractivity (Wildman–Crippen MR) is 74.9 cm³/mol. The van der Waals surface area contributed by atoms with Gasteiger partial charge in [-0.2, -0.15) is 0 Å². The summed E-state index contributed by atoms with van der Waals surface area (Å²) in [6.45, 7) is 7.90. The maximum atomic E-state index is 5.39. The van der Waals surface area contributed by atoms with Gasteiger partial charge in [0.15, 0.2) is 0 Å². The lowest BCUT2D eigenvalue weighted by atomic mass is 10.1. The highest BCUT2D eigenvalue weighted by Gasteiger charge is 2.24. The molecule has 17 heavy (non-hydrogen) atoms. The molecular weight excluding hydrogens is 280 g/mol. The normalized spacial score (nSPS) is 27.7. The van der Waals surface area contributed by atoms with Crippen LogP contribution in [0, 0.1) is 0 Å². The molecule has 2 aliphatic rings. The monoisotopic (exact) mass is 304 g/mol. The highest BCUT2D eigenvalue weighted by atomic mass is 79.9. The molecule has 1 atom stereocenters. The van der Waals surface area contributed by atoms with Gasteiger partial charge < -0.3 is 4.74 Å². The van der Waals surface area contributed by atoms with E-state index in [4.69, 9.17) is 4.74 Å².